The lowest BCUT2D eigenvalue weighted by atomic mass is 10.1. The SMILES string of the molecule is O=c1[nH]ncc(N2CCN(Cc3ccc(F)cc3OC(F)(F)F)CC2)c1Cl. The van der Waals surface area contributed by atoms with E-state index < -0.39 is 23.5 Å². The van der Waals surface area contributed by atoms with Crippen molar-refractivity contribution in [1.82, 2.24) is 15.1 Å². The number of H-pyrrole nitrogens is 1. The summed E-state index contributed by atoms with van der Waals surface area (Å²) in [5.74, 6) is -1.36. The molecule has 1 aromatic carbocycles. The first-order valence-electron chi connectivity index (χ1n) is 7.97. The maximum atomic E-state index is 13.3. The van der Waals surface area contributed by atoms with Gasteiger partial charge < -0.3 is 9.64 Å². The van der Waals surface area contributed by atoms with Crippen molar-refractivity contribution in [2.45, 2.75) is 12.9 Å². The van der Waals surface area contributed by atoms with Gasteiger partial charge in [0.1, 0.15) is 16.6 Å². The zero-order valence-electron chi connectivity index (χ0n) is 13.9. The molecule has 1 aliphatic rings. The van der Waals surface area contributed by atoms with Crippen LogP contribution in [0.15, 0.2) is 29.2 Å². The standard InChI is InChI=1S/C16H15ClF4N4O2/c17-14-12(8-22-23-15(14)26)25-5-3-24(4-6-25)9-10-1-2-11(18)7-13(10)27-16(19,20)21/h1-2,7-8H,3-6,9H2,(H,23,26). The van der Waals surface area contributed by atoms with Crippen LogP contribution in [-0.2, 0) is 6.54 Å². The molecule has 0 radical (unpaired) electrons. The van der Waals surface area contributed by atoms with Gasteiger partial charge in [0.15, 0.2) is 0 Å². The Balaban J connectivity index is 1.68. The van der Waals surface area contributed by atoms with Crippen LogP contribution in [0.2, 0.25) is 5.02 Å². The number of aromatic nitrogens is 2. The molecule has 1 saturated heterocycles. The van der Waals surface area contributed by atoms with E-state index in [0.717, 1.165) is 12.1 Å². The van der Waals surface area contributed by atoms with Gasteiger partial charge in [0, 0.05) is 44.4 Å². The number of alkyl halides is 3. The van der Waals surface area contributed by atoms with E-state index in [1.807, 2.05) is 9.80 Å². The minimum absolute atomic E-state index is 0.0397. The minimum Gasteiger partial charge on any atom is -0.405 e. The van der Waals surface area contributed by atoms with Gasteiger partial charge in [-0.1, -0.05) is 17.7 Å². The predicted molar refractivity (Wildman–Crippen MR) is 90.4 cm³/mol. The molecule has 0 spiro atoms. The Kier molecular flexibility index (Phi) is 5.56. The van der Waals surface area contributed by atoms with Crippen molar-refractivity contribution in [3.63, 3.8) is 0 Å². The van der Waals surface area contributed by atoms with Crippen molar-refractivity contribution < 1.29 is 22.3 Å². The molecule has 1 aromatic heterocycles. The number of benzene rings is 1. The van der Waals surface area contributed by atoms with E-state index in [1.54, 1.807) is 0 Å². The van der Waals surface area contributed by atoms with Crippen molar-refractivity contribution in [3.8, 4) is 5.75 Å². The normalized spacial score (nSPS) is 15.8. The van der Waals surface area contributed by atoms with Gasteiger partial charge in [0.05, 0.1) is 11.9 Å². The van der Waals surface area contributed by atoms with E-state index in [2.05, 4.69) is 14.9 Å². The number of nitrogens with one attached hydrogen (secondary N) is 1. The Bertz CT molecular complexity index is 866. The summed E-state index contributed by atoms with van der Waals surface area (Å²) in [6.45, 7) is 2.18. The average Bonchev–Trinajstić information content (AvgIpc) is 2.59. The topological polar surface area (TPSA) is 61.5 Å². The number of hydrogen-bond donors (Lipinski definition) is 1. The first-order valence-corrected chi connectivity index (χ1v) is 8.35. The van der Waals surface area contributed by atoms with Crippen LogP contribution in [0, 0.1) is 5.82 Å². The van der Waals surface area contributed by atoms with Crippen LogP contribution < -0.4 is 15.2 Å². The molecule has 0 saturated carbocycles. The van der Waals surface area contributed by atoms with Gasteiger partial charge in [-0.05, 0) is 6.07 Å². The summed E-state index contributed by atoms with van der Waals surface area (Å²) in [4.78, 5) is 15.3. The number of nitrogens with zero attached hydrogens (tertiary/aromatic N) is 3. The Morgan fingerprint density at radius 1 is 1.22 bits per heavy atom. The maximum absolute atomic E-state index is 13.3. The second-order valence-corrected chi connectivity index (χ2v) is 6.34. The largest absolute Gasteiger partial charge is 0.573 e. The Labute approximate surface area is 156 Å². The summed E-state index contributed by atoms with van der Waals surface area (Å²) in [5, 5.41) is 6.00. The van der Waals surface area contributed by atoms with Gasteiger partial charge in [0.25, 0.3) is 5.56 Å². The summed E-state index contributed by atoms with van der Waals surface area (Å²) < 4.78 is 54.8. The lowest BCUT2D eigenvalue weighted by Gasteiger charge is -2.36. The van der Waals surface area contributed by atoms with E-state index in [9.17, 15) is 22.4 Å². The molecule has 1 aliphatic heterocycles. The van der Waals surface area contributed by atoms with E-state index >= 15 is 0 Å². The molecule has 0 unspecified atom stereocenters. The molecule has 0 atom stereocenters. The zero-order chi connectivity index (χ0) is 19.6. The molecule has 0 aliphatic carbocycles. The molecule has 2 heterocycles. The third-order valence-corrected chi connectivity index (χ3v) is 4.50. The maximum Gasteiger partial charge on any atom is 0.573 e. The molecule has 0 bridgehead atoms. The van der Waals surface area contributed by atoms with Crippen LogP contribution in [0.3, 0.4) is 0 Å². The summed E-state index contributed by atoms with van der Waals surface area (Å²) >= 11 is 5.99. The molecule has 27 heavy (non-hydrogen) atoms. The van der Waals surface area contributed by atoms with Crippen LogP contribution in [-0.4, -0.2) is 47.6 Å². The molecular formula is C16H15ClF4N4O2. The van der Waals surface area contributed by atoms with Gasteiger partial charge in [-0.3, -0.25) is 9.69 Å². The van der Waals surface area contributed by atoms with Gasteiger partial charge >= 0.3 is 6.36 Å². The van der Waals surface area contributed by atoms with Crippen molar-refractivity contribution in [2.75, 3.05) is 31.1 Å². The molecule has 3 rings (SSSR count). The number of hydrogen-bond acceptors (Lipinski definition) is 5. The summed E-state index contributed by atoms with van der Waals surface area (Å²) in [6.07, 6.45) is -3.44. The van der Waals surface area contributed by atoms with Crippen LogP contribution >= 0.6 is 11.6 Å². The van der Waals surface area contributed by atoms with E-state index in [4.69, 9.17) is 11.6 Å². The second-order valence-electron chi connectivity index (χ2n) is 5.96. The quantitative estimate of drug-likeness (QED) is 0.791. The highest BCUT2D eigenvalue weighted by Crippen LogP contribution is 2.29. The lowest BCUT2D eigenvalue weighted by molar-refractivity contribution is -0.275. The Hall–Kier alpha value is -2.33. The van der Waals surface area contributed by atoms with E-state index in [1.165, 1.54) is 12.3 Å². The number of halogens is 5. The second kappa shape index (κ2) is 7.73. The number of rotatable bonds is 4. The highest BCUT2D eigenvalue weighted by molar-refractivity contribution is 6.32. The summed E-state index contributed by atoms with van der Waals surface area (Å²) in [6, 6.07) is 3.09. The molecule has 11 heteroatoms. The van der Waals surface area contributed by atoms with Gasteiger partial charge in [0.2, 0.25) is 0 Å². The molecule has 0 amide bonds. The summed E-state index contributed by atoms with van der Waals surface area (Å²) in [7, 11) is 0. The van der Waals surface area contributed by atoms with Crippen molar-refractivity contribution in [1.29, 1.82) is 0 Å². The van der Waals surface area contributed by atoms with Crippen LogP contribution in [0.5, 0.6) is 5.75 Å². The molecule has 6 nitrogen and oxygen atoms in total. The predicted octanol–water partition coefficient (Wildman–Crippen LogP) is 2.78. The van der Waals surface area contributed by atoms with Gasteiger partial charge in [-0.2, -0.15) is 5.10 Å². The smallest absolute Gasteiger partial charge is 0.405 e. The van der Waals surface area contributed by atoms with E-state index in [0.29, 0.717) is 31.9 Å². The van der Waals surface area contributed by atoms with Crippen LogP contribution in [0.25, 0.3) is 0 Å². The number of anilines is 1. The number of piperazine rings is 1. The van der Waals surface area contributed by atoms with Crippen LogP contribution in [0.4, 0.5) is 23.2 Å². The van der Waals surface area contributed by atoms with Crippen molar-refractivity contribution >= 4 is 17.3 Å². The third kappa shape index (κ3) is 4.89. The summed E-state index contributed by atoms with van der Waals surface area (Å²) in [5.41, 5.74) is 0.248. The Morgan fingerprint density at radius 2 is 1.93 bits per heavy atom. The lowest BCUT2D eigenvalue weighted by Crippen LogP contribution is -2.46. The van der Waals surface area contributed by atoms with Crippen molar-refractivity contribution in [3.05, 3.63) is 51.2 Å². The number of aromatic amines is 1. The third-order valence-electron chi connectivity index (χ3n) is 4.14. The van der Waals surface area contributed by atoms with Gasteiger partial charge in [-0.25, -0.2) is 9.49 Å². The first kappa shape index (κ1) is 19.4. The zero-order valence-corrected chi connectivity index (χ0v) is 14.6. The molecule has 146 valence electrons. The fourth-order valence-electron chi connectivity index (χ4n) is 2.86. The fourth-order valence-corrected chi connectivity index (χ4v) is 3.07. The highest BCUT2D eigenvalue weighted by atomic mass is 35.5. The molecule has 1 fully saturated rings. The van der Waals surface area contributed by atoms with Crippen molar-refractivity contribution in [2.24, 2.45) is 0 Å². The first-order chi connectivity index (χ1) is 12.7. The molecule has 2 aromatic rings. The fraction of sp³-hybridized carbons (Fsp3) is 0.375. The van der Waals surface area contributed by atoms with E-state index in [-0.39, 0.29) is 17.1 Å². The van der Waals surface area contributed by atoms with Gasteiger partial charge in [-0.15, -0.1) is 13.2 Å². The minimum atomic E-state index is -4.90. The number of ether oxygens (including phenoxy) is 1. The highest BCUT2D eigenvalue weighted by Gasteiger charge is 2.32. The average molecular weight is 407 g/mol. The Morgan fingerprint density at radius 3 is 2.59 bits per heavy atom. The molecular weight excluding hydrogens is 392 g/mol. The molecule has 1 N–H and O–H groups in total. The monoisotopic (exact) mass is 406 g/mol. The van der Waals surface area contributed by atoms with Crippen LogP contribution in [0.1, 0.15) is 5.56 Å².